The average Bonchev–Trinajstić information content (AvgIpc) is 2.25. The molecule has 16 heavy (non-hydrogen) atoms. The van der Waals surface area contributed by atoms with Gasteiger partial charge in [-0.3, -0.25) is 0 Å². The van der Waals surface area contributed by atoms with Crippen molar-refractivity contribution < 1.29 is 13.2 Å². The van der Waals surface area contributed by atoms with Crippen molar-refractivity contribution in [1.29, 1.82) is 0 Å². The van der Waals surface area contributed by atoms with Crippen LogP contribution in [0.4, 0.5) is 18.9 Å². The SMILES string of the molecule is FC(F)(F)c1cccc(NCC(Cl)=CCl)c1. The van der Waals surface area contributed by atoms with E-state index in [1.54, 1.807) is 0 Å². The molecule has 0 saturated heterocycles. The zero-order chi connectivity index (χ0) is 12.2. The first-order valence-electron chi connectivity index (χ1n) is 4.29. The van der Waals surface area contributed by atoms with E-state index < -0.39 is 11.7 Å². The van der Waals surface area contributed by atoms with Gasteiger partial charge >= 0.3 is 6.18 Å². The third kappa shape index (κ3) is 3.94. The lowest BCUT2D eigenvalue weighted by molar-refractivity contribution is -0.137. The highest BCUT2D eigenvalue weighted by atomic mass is 35.5. The molecule has 0 bridgehead atoms. The second-order valence-electron chi connectivity index (χ2n) is 2.99. The molecule has 1 aromatic carbocycles. The smallest absolute Gasteiger partial charge is 0.380 e. The molecule has 0 atom stereocenters. The van der Waals surface area contributed by atoms with Crippen LogP contribution in [0.5, 0.6) is 0 Å². The molecule has 0 saturated carbocycles. The predicted molar refractivity (Wildman–Crippen MR) is 59.7 cm³/mol. The van der Waals surface area contributed by atoms with Crippen molar-refractivity contribution in [3.8, 4) is 0 Å². The normalized spacial score (nSPS) is 12.7. The molecule has 0 fully saturated rings. The number of hydrogen-bond acceptors (Lipinski definition) is 1. The van der Waals surface area contributed by atoms with Crippen LogP contribution in [0.25, 0.3) is 0 Å². The van der Waals surface area contributed by atoms with Crippen LogP contribution >= 0.6 is 23.2 Å². The van der Waals surface area contributed by atoms with Crippen molar-refractivity contribution in [3.05, 3.63) is 40.4 Å². The molecular formula is C10H8Cl2F3N. The van der Waals surface area contributed by atoms with E-state index in [1.807, 2.05) is 0 Å². The van der Waals surface area contributed by atoms with Gasteiger partial charge < -0.3 is 5.32 Å². The maximum absolute atomic E-state index is 12.3. The molecule has 0 aliphatic carbocycles. The molecule has 1 N–H and O–H groups in total. The van der Waals surface area contributed by atoms with Gasteiger partial charge in [0.2, 0.25) is 0 Å². The number of rotatable bonds is 3. The summed E-state index contributed by atoms with van der Waals surface area (Å²) in [5.41, 5.74) is 0.789. The van der Waals surface area contributed by atoms with Crippen molar-refractivity contribution in [2.45, 2.75) is 6.18 Å². The van der Waals surface area contributed by atoms with Gasteiger partial charge in [0, 0.05) is 16.3 Å². The number of nitrogens with one attached hydrogen (secondary N) is 1. The summed E-state index contributed by atoms with van der Waals surface area (Å²) in [6.45, 7) is 0.187. The predicted octanol–water partition coefficient (Wildman–Crippen LogP) is 4.44. The Kier molecular flexibility index (Phi) is 4.50. The van der Waals surface area contributed by atoms with Crippen LogP contribution in [0.1, 0.15) is 5.56 Å². The van der Waals surface area contributed by atoms with Crippen molar-refractivity contribution in [1.82, 2.24) is 0 Å². The highest BCUT2D eigenvalue weighted by molar-refractivity contribution is 6.36. The van der Waals surface area contributed by atoms with Crippen LogP contribution in [0.15, 0.2) is 34.8 Å². The molecular weight excluding hydrogens is 262 g/mol. The van der Waals surface area contributed by atoms with Gasteiger partial charge in [0.1, 0.15) is 0 Å². The lowest BCUT2D eigenvalue weighted by Gasteiger charge is -2.09. The van der Waals surface area contributed by atoms with Gasteiger partial charge in [-0.25, -0.2) is 0 Å². The average molecular weight is 270 g/mol. The minimum Gasteiger partial charge on any atom is -0.380 e. The highest BCUT2D eigenvalue weighted by Gasteiger charge is 2.30. The van der Waals surface area contributed by atoms with Crippen molar-refractivity contribution in [2.75, 3.05) is 11.9 Å². The summed E-state index contributed by atoms with van der Waals surface area (Å²) in [6.07, 6.45) is -4.34. The maximum Gasteiger partial charge on any atom is 0.416 e. The third-order valence-electron chi connectivity index (χ3n) is 1.77. The summed E-state index contributed by atoms with van der Waals surface area (Å²) < 4.78 is 37.0. The fourth-order valence-electron chi connectivity index (χ4n) is 1.03. The number of alkyl halides is 3. The lowest BCUT2D eigenvalue weighted by Crippen LogP contribution is -2.07. The van der Waals surface area contributed by atoms with Crippen LogP contribution in [-0.4, -0.2) is 6.54 Å². The molecule has 0 aliphatic heterocycles. The summed E-state index contributed by atoms with van der Waals surface area (Å²) in [7, 11) is 0. The number of benzene rings is 1. The van der Waals surface area contributed by atoms with Crippen LogP contribution in [0, 0.1) is 0 Å². The van der Waals surface area contributed by atoms with Crippen LogP contribution in [0.3, 0.4) is 0 Å². The van der Waals surface area contributed by atoms with Crippen LogP contribution in [-0.2, 0) is 6.18 Å². The molecule has 1 nitrogen and oxygen atoms in total. The minimum atomic E-state index is -4.34. The molecule has 1 aromatic rings. The third-order valence-corrected chi connectivity index (χ3v) is 2.39. The van der Waals surface area contributed by atoms with Crippen LogP contribution < -0.4 is 5.32 Å². The largest absolute Gasteiger partial charge is 0.416 e. The number of anilines is 1. The van der Waals surface area contributed by atoms with Crippen molar-refractivity contribution in [2.24, 2.45) is 0 Å². The number of halogens is 5. The second kappa shape index (κ2) is 5.46. The van der Waals surface area contributed by atoms with E-state index in [0.717, 1.165) is 17.7 Å². The van der Waals surface area contributed by atoms with Gasteiger partial charge in [0.25, 0.3) is 0 Å². The monoisotopic (exact) mass is 269 g/mol. The standard InChI is InChI=1S/C10H8Cl2F3N/c11-5-8(12)6-16-9-3-1-2-7(4-9)10(13,14)15/h1-5,16H,6H2. The molecule has 88 valence electrons. The van der Waals surface area contributed by atoms with E-state index in [0.29, 0.717) is 10.7 Å². The van der Waals surface area contributed by atoms with Gasteiger partial charge in [0.05, 0.1) is 12.1 Å². The Balaban J connectivity index is 2.76. The van der Waals surface area contributed by atoms with Gasteiger partial charge in [-0.15, -0.1) is 0 Å². The fourth-order valence-corrected chi connectivity index (χ4v) is 1.17. The summed E-state index contributed by atoms with van der Waals surface area (Å²) in [5.74, 6) is 0. The molecule has 0 aliphatic rings. The zero-order valence-corrected chi connectivity index (χ0v) is 9.50. The molecule has 1 rings (SSSR count). The Labute approximate surface area is 101 Å². The van der Waals surface area contributed by atoms with Crippen molar-refractivity contribution >= 4 is 28.9 Å². The molecule has 0 heterocycles. The first kappa shape index (κ1) is 13.2. The summed E-state index contributed by atoms with van der Waals surface area (Å²) in [6, 6.07) is 4.86. The van der Waals surface area contributed by atoms with E-state index in [9.17, 15) is 13.2 Å². The molecule has 6 heteroatoms. The molecule has 0 aromatic heterocycles. The Morgan fingerprint density at radius 2 is 2.06 bits per heavy atom. The minimum absolute atomic E-state index is 0.187. The summed E-state index contributed by atoms with van der Waals surface area (Å²) in [5, 5.41) is 3.04. The quantitative estimate of drug-likeness (QED) is 0.856. The zero-order valence-electron chi connectivity index (χ0n) is 7.98. The van der Waals surface area contributed by atoms with Crippen LogP contribution in [0.2, 0.25) is 0 Å². The van der Waals surface area contributed by atoms with Gasteiger partial charge in [-0.05, 0) is 18.2 Å². The van der Waals surface area contributed by atoms with E-state index in [4.69, 9.17) is 23.2 Å². The van der Waals surface area contributed by atoms with E-state index in [2.05, 4.69) is 5.32 Å². The maximum atomic E-state index is 12.3. The van der Waals surface area contributed by atoms with Gasteiger partial charge in [-0.1, -0.05) is 29.3 Å². The Morgan fingerprint density at radius 3 is 2.62 bits per heavy atom. The first-order valence-corrected chi connectivity index (χ1v) is 5.11. The molecule has 0 spiro atoms. The fraction of sp³-hybridized carbons (Fsp3) is 0.200. The summed E-state index contributed by atoms with van der Waals surface area (Å²) >= 11 is 10.9. The second-order valence-corrected chi connectivity index (χ2v) is 3.69. The molecule has 0 unspecified atom stereocenters. The summed E-state index contributed by atoms with van der Waals surface area (Å²) in [4.78, 5) is 0. The molecule has 0 radical (unpaired) electrons. The lowest BCUT2D eigenvalue weighted by atomic mass is 10.2. The van der Waals surface area contributed by atoms with Gasteiger partial charge in [-0.2, -0.15) is 13.2 Å². The van der Waals surface area contributed by atoms with E-state index in [1.165, 1.54) is 12.1 Å². The topological polar surface area (TPSA) is 12.0 Å². The first-order chi connectivity index (χ1) is 7.43. The van der Waals surface area contributed by atoms with E-state index >= 15 is 0 Å². The Morgan fingerprint density at radius 1 is 1.38 bits per heavy atom. The molecule has 0 amide bonds. The number of hydrogen-bond donors (Lipinski definition) is 1. The highest BCUT2D eigenvalue weighted by Crippen LogP contribution is 2.30. The Hall–Kier alpha value is -0.870. The van der Waals surface area contributed by atoms with Gasteiger partial charge in [0.15, 0.2) is 0 Å². The van der Waals surface area contributed by atoms with Crippen molar-refractivity contribution in [3.63, 3.8) is 0 Å². The van der Waals surface area contributed by atoms with E-state index in [-0.39, 0.29) is 6.54 Å². The Bertz CT molecular complexity index is 388.